The molecule has 0 aliphatic heterocycles. The molecular weight excluding hydrogens is 286 g/mol. The van der Waals surface area contributed by atoms with Gasteiger partial charge in [-0.25, -0.2) is 0 Å². The number of nitrogens with two attached hydrogens (primary N) is 1. The Morgan fingerprint density at radius 3 is 2.48 bits per heavy atom. The molecule has 0 bridgehead atoms. The third kappa shape index (κ3) is 2.75. The number of hydrogen-bond donors (Lipinski definition) is 1. The Hall–Kier alpha value is -1.61. The molecule has 0 heterocycles. The molecule has 5 heteroatoms. The highest BCUT2D eigenvalue weighted by Crippen LogP contribution is 2.41. The van der Waals surface area contributed by atoms with Crippen LogP contribution in [0.5, 0.6) is 5.75 Å². The lowest BCUT2D eigenvalue weighted by molar-refractivity contribution is -0.0345. The van der Waals surface area contributed by atoms with E-state index >= 15 is 0 Å². The largest absolute Gasteiger partial charge is 0.484 e. The highest BCUT2D eigenvalue weighted by molar-refractivity contribution is 6.43. The van der Waals surface area contributed by atoms with Gasteiger partial charge in [0, 0.05) is 0 Å². The molecule has 2 rings (SSSR count). The van der Waals surface area contributed by atoms with Gasteiger partial charge in [0.2, 0.25) is 0 Å². The molecule has 112 valence electrons. The van der Waals surface area contributed by atoms with Crippen LogP contribution >= 0.6 is 11.6 Å². The smallest absolute Gasteiger partial charge is 0.314 e. The monoisotopic (exact) mass is 305 g/mol. The van der Waals surface area contributed by atoms with Gasteiger partial charge in [0.1, 0.15) is 16.4 Å². The van der Waals surface area contributed by atoms with E-state index in [1.807, 2.05) is 44.2 Å². The molecule has 1 aromatic carbocycles. The van der Waals surface area contributed by atoms with Crippen LogP contribution in [0.1, 0.15) is 33.1 Å². The Balaban J connectivity index is 2.51. The summed E-state index contributed by atoms with van der Waals surface area (Å²) in [6.45, 7) is 4.02. The molecule has 2 unspecified atom stereocenters. The van der Waals surface area contributed by atoms with Crippen LogP contribution in [0.15, 0.2) is 41.4 Å². The van der Waals surface area contributed by atoms with Gasteiger partial charge in [0.25, 0.3) is 0 Å². The van der Waals surface area contributed by atoms with E-state index < -0.39 is 11.1 Å². The van der Waals surface area contributed by atoms with Crippen molar-refractivity contribution < 1.29 is 9.53 Å². The quantitative estimate of drug-likeness (QED) is 0.683. The van der Waals surface area contributed by atoms with Gasteiger partial charge in [-0.05, 0) is 31.1 Å². The Morgan fingerprint density at radius 1 is 1.29 bits per heavy atom. The lowest BCUT2D eigenvalue weighted by Gasteiger charge is -2.47. The van der Waals surface area contributed by atoms with Crippen molar-refractivity contribution in [3.8, 4) is 5.75 Å². The summed E-state index contributed by atoms with van der Waals surface area (Å²) in [6, 6.07) is 9.54. The first-order chi connectivity index (χ1) is 10.00. The molecule has 1 aliphatic carbocycles. The summed E-state index contributed by atoms with van der Waals surface area (Å²) >= 11 is 6.17. The van der Waals surface area contributed by atoms with Crippen molar-refractivity contribution in [1.29, 1.82) is 0 Å². The SMILES string of the molecule is CCC1(N)C=C(Cl)C(=[N+]=[N-])CC1(CC)Oc1ccccc1. The van der Waals surface area contributed by atoms with Crippen molar-refractivity contribution in [2.45, 2.75) is 44.2 Å². The fourth-order valence-electron chi connectivity index (χ4n) is 2.84. The van der Waals surface area contributed by atoms with Crippen molar-refractivity contribution in [3.05, 3.63) is 47.0 Å². The standard InChI is InChI=1S/C16H20ClN3O/c1-3-15(18)10-13(17)14(20-19)11-16(15,4-2)21-12-8-6-5-7-9-12/h5-10H,3-4,11,18H2,1-2H3. The van der Waals surface area contributed by atoms with Gasteiger partial charge in [-0.1, -0.05) is 43.6 Å². The molecule has 0 amide bonds. The number of benzene rings is 1. The molecule has 0 fully saturated rings. The van der Waals surface area contributed by atoms with Crippen molar-refractivity contribution in [1.82, 2.24) is 0 Å². The zero-order valence-corrected chi connectivity index (χ0v) is 13.1. The van der Waals surface area contributed by atoms with Crippen molar-refractivity contribution in [2.24, 2.45) is 5.73 Å². The van der Waals surface area contributed by atoms with E-state index in [1.165, 1.54) is 0 Å². The van der Waals surface area contributed by atoms with Crippen LogP contribution in [-0.4, -0.2) is 21.6 Å². The number of nitrogens with zero attached hydrogens (tertiary/aromatic N) is 2. The minimum Gasteiger partial charge on any atom is -0.484 e. The van der Waals surface area contributed by atoms with Crippen LogP contribution in [0.4, 0.5) is 0 Å². The maximum absolute atomic E-state index is 9.16. The Morgan fingerprint density at radius 2 is 1.95 bits per heavy atom. The molecule has 2 N–H and O–H groups in total. The van der Waals surface area contributed by atoms with E-state index in [1.54, 1.807) is 6.08 Å². The Labute approximate surface area is 130 Å². The van der Waals surface area contributed by atoms with E-state index in [2.05, 4.69) is 4.79 Å². The lowest BCUT2D eigenvalue weighted by Crippen LogP contribution is -2.64. The summed E-state index contributed by atoms with van der Waals surface area (Å²) < 4.78 is 6.26. The normalized spacial score (nSPS) is 28.8. The van der Waals surface area contributed by atoms with Crippen LogP contribution in [0.3, 0.4) is 0 Å². The number of rotatable bonds is 4. The van der Waals surface area contributed by atoms with Gasteiger partial charge in [0.15, 0.2) is 0 Å². The maximum Gasteiger partial charge on any atom is 0.314 e. The second-order valence-corrected chi connectivity index (χ2v) is 5.78. The predicted molar refractivity (Wildman–Crippen MR) is 84.5 cm³/mol. The summed E-state index contributed by atoms with van der Waals surface area (Å²) in [7, 11) is 0. The first-order valence-corrected chi connectivity index (χ1v) is 7.50. The van der Waals surface area contributed by atoms with E-state index in [-0.39, 0.29) is 0 Å². The number of ether oxygens (including phenoxy) is 1. The van der Waals surface area contributed by atoms with Gasteiger partial charge in [-0.3, -0.25) is 0 Å². The highest BCUT2D eigenvalue weighted by atomic mass is 35.5. The summed E-state index contributed by atoms with van der Waals surface area (Å²) in [5.41, 5.74) is 14.7. The second kappa shape index (κ2) is 6.02. The molecular formula is C16H20ClN3O. The van der Waals surface area contributed by atoms with Gasteiger partial charge in [-0.2, -0.15) is 4.79 Å². The highest BCUT2D eigenvalue weighted by Gasteiger charge is 2.54. The van der Waals surface area contributed by atoms with Gasteiger partial charge in [0.05, 0.1) is 12.0 Å². The molecule has 0 saturated heterocycles. The minimum atomic E-state index is -0.719. The molecule has 2 atom stereocenters. The van der Waals surface area contributed by atoms with Gasteiger partial charge in [-0.15, -0.1) is 0 Å². The van der Waals surface area contributed by atoms with Crippen LogP contribution < -0.4 is 10.5 Å². The number of halogens is 1. The predicted octanol–water partition coefficient (Wildman–Crippen LogP) is 3.52. The van der Waals surface area contributed by atoms with E-state index in [0.717, 1.165) is 5.75 Å². The molecule has 1 aliphatic rings. The third-order valence-electron chi connectivity index (χ3n) is 4.29. The van der Waals surface area contributed by atoms with Crippen LogP contribution in [0, 0.1) is 0 Å². The number of allylic oxidation sites excluding steroid dienone is 1. The molecule has 0 aromatic heterocycles. The summed E-state index contributed by atoms with van der Waals surface area (Å²) in [6.07, 6.45) is 3.46. The molecule has 4 nitrogen and oxygen atoms in total. The van der Waals surface area contributed by atoms with E-state index in [9.17, 15) is 0 Å². The fraction of sp³-hybridized carbons (Fsp3) is 0.438. The number of hydrogen-bond acceptors (Lipinski definition) is 2. The fourth-order valence-corrected chi connectivity index (χ4v) is 3.14. The minimum absolute atomic E-state index is 0.370. The van der Waals surface area contributed by atoms with Crippen molar-refractivity contribution in [2.75, 3.05) is 0 Å². The summed E-state index contributed by atoms with van der Waals surface area (Å²) in [5.74, 6) is 0.742. The Bertz CT molecular complexity index is 595. The first-order valence-electron chi connectivity index (χ1n) is 7.13. The maximum atomic E-state index is 9.16. The topological polar surface area (TPSA) is 71.7 Å². The molecule has 0 saturated carbocycles. The van der Waals surface area contributed by atoms with E-state index in [0.29, 0.717) is 30.0 Å². The number of para-hydroxylation sites is 1. The summed E-state index contributed by atoms with van der Waals surface area (Å²) in [4.78, 5) is 3.29. The van der Waals surface area contributed by atoms with Gasteiger partial charge < -0.3 is 16.0 Å². The Kier molecular flexibility index (Phi) is 4.52. The molecule has 21 heavy (non-hydrogen) atoms. The van der Waals surface area contributed by atoms with Gasteiger partial charge >= 0.3 is 5.71 Å². The first kappa shape index (κ1) is 15.8. The average Bonchev–Trinajstić information content (AvgIpc) is 2.51. The van der Waals surface area contributed by atoms with Crippen LogP contribution in [-0.2, 0) is 0 Å². The molecule has 1 aromatic rings. The summed E-state index contributed by atoms with van der Waals surface area (Å²) in [5, 5.41) is 0.391. The molecule has 0 spiro atoms. The van der Waals surface area contributed by atoms with Crippen molar-refractivity contribution in [3.63, 3.8) is 0 Å². The lowest BCUT2D eigenvalue weighted by atomic mass is 9.69. The van der Waals surface area contributed by atoms with Crippen LogP contribution in [0.2, 0.25) is 0 Å². The second-order valence-electron chi connectivity index (χ2n) is 5.37. The van der Waals surface area contributed by atoms with Crippen molar-refractivity contribution >= 4 is 17.3 Å². The zero-order chi connectivity index (χ0) is 15.5. The third-order valence-corrected chi connectivity index (χ3v) is 4.62. The van der Waals surface area contributed by atoms with E-state index in [4.69, 9.17) is 27.6 Å². The van der Waals surface area contributed by atoms with Crippen LogP contribution in [0.25, 0.3) is 5.53 Å². The molecule has 0 radical (unpaired) electrons. The average molecular weight is 306 g/mol. The zero-order valence-electron chi connectivity index (χ0n) is 12.3.